The Kier molecular flexibility index (Phi) is 4.92. The normalized spacial score (nSPS) is 12.4. The molecule has 88 valence electrons. The molecule has 2 N–H and O–H groups in total. The Balaban J connectivity index is 2.66. The zero-order valence-corrected chi connectivity index (χ0v) is 9.77. The van der Waals surface area contributed by atoms with Gasteiger partial charge in [-0.05, 0) is 19.4 Å². The molecule has 1 heterocycles. The lowest BCUT2D eigenvalue weighted by Gasteiger charge is -2.14. The van der Waals surface area contributed by atoms with E-state index in [1.54, 1.807) is 18.5 Å². The van der Waals surface area contributed by atoms with Crippen LogP contribution in [0.2, 0.25) is 0 Å². The van der Waals surface area contributed by atoms with Crippen molar-refractivity contribution in [3.8, 4) is 0 Å². The number of carbonyl (C=O) groups is 1. The number of carbonyl (C=O) groups excluding carboxylic acids is 1. The third kappa shape index (κ3) is 3.31. The van der Waals surface area contributed by atoms with Crippen molar-refractivity contribution in [2.45, 2.75) is 32.8 Å². The summed E-state index contributed by atoms with van der Waals surface area (Å²) >= 11 is 0. The molecule has 0 saturated heterocycles. The van der Waals surface area contributed by atoms with Crippen LogP contribution in [0.4, 0.5) is 5.69 Å². The van der Waals surface area contributed by atoms with Crippen LogP contribution in [0.15, 0.2) is 18.5 Å². The highest BCUT2D eigenvalue weighted by Gasteiger charge is 2.17. The van der Waals surface area contributed by atoms with Crippen LogP contribution in [0.1, 0.15) is 25.8 Å². The Bertz CT molecular complexity index is 353. The second-order valence-corrected chi connectivity index (χ2v) is 3.57. The maximum Gasteiger partial charge on any atom is 0.166 e. The number of Topliss-reactive ketones (excluding diaryl/α,β-unsaturated/α-hetero) is 1. The van der Waals surface area contributed by atoms with Gasteiger partial charge in [-0.2, -0.15) is 0 Å². The number of aromatic nitrogens is 1. The number of nitrogens with zero attached hydrogens (tertiary/aromatic N) is 1. The lowest BCUT2D eigenvalue weighted by atomic mass is 10.0. The van der Waals surface area contributed by atoms with E-state index in [2.05, 4.69) is 4.98 Å². The van der Waals surface area contributed by atoms with Gasteiger partial charge >= 0.3 is 0 Å². The summed E-state index contributed by atoms with van der Waals surface area (Å²) in [7, 11) is 0. The minimum absolute atomic E-state index is 0.0593. The lowest BCUT2D eigenvalue weighted by Crippen LogP contribution is -2.25. The molecule has 4 heteroatoms. The Morgan fingerprint density at radius 2 is 2.31 bits per heavy atom. The van der Waals surface area contributed by atoms with E-state index in [1.807, 2.05) is 13.8 Å². The average molecular weight is 222 g/mol. The van der Waals surface area contributed by atoms with Gasteiger partial charge < -0.3 is 10.5 Å². The van der Waals surface area contributed by atoms with Crippen LogP contribution in [0.25, 0.3) is 0 Å². The van der Waals surface area contributed by atoms with Gasteiger partial charge in [-0.15, -0.1) is 0 Å². The highest BCUT2D eigenvalue weighted by molar-refractivity contribution is 5.86. The van der Waals surface area contributed by atoms with Crippen LogP contribution in [0.3, 0.4) is 0 Å². The summed E-state index contributed by atoms with van der Waals surface area (Å²) in [5.74, 6) is 0.0593. The van der Waals surface area contributed by atoms with Gasteiger partial charge in [0.1, 0.15) is 6.10 Å². The Hall–Kier alpha value is -1.42. The van der Waals surface area contributed by atoms with Crippen LogP contribution in [0.5, 0.6) is 0 Å². The van der Waals surface area contributed by atoms with Gasteiger partial charge in [0.05, 0.1) is 0 Å². The predicted molar refractivity (Wildman–Crippen MR) is 63.1 cm³/mol. The van der Waals surface area contributed by atoms with Crippen LogP contribution >= 0.6 is 0 Å². The molecule has 0 radical (unpaired) electrons. The third-order valence-corrected chi connectivity index (χ3v) is 2.40. The van der Waals surface area contributed by atoms with E-state index in [0.717, 1.165) is 5.56 Å². The molecule has 0 aliphatic heterocycles. The van der Waals surface area contributed by atoms with Crippen molar-refractivity contribution in [2.75, 3.05) is 12.3 Å². The fourth-order valence-electron chi connectivity index (χ4n) is 1.53. The molecule has 0 spiro atoms. The van der Waals surface area contributed by atoms with Gasteiger partial charge in [-0.1, -0.05) is 6.92 Å². The monoisotopic (exact) mass is 222 g/mol. The number of anilines is 1. The lowest BCUT2D eigenvalue weighted by molar-refractivity contribution is -0.129. The number of nitrogens with two attached hydrogens (primary N) is 1. The highest BCUT2D eigenvalue weighted by atomic mass is 16.5. The first-order valence-electron chi connectivity index (χ1n) is 5.51. The molecule has 0 aliphatic carbocycles. The molecule has 0 saturated carbocycles. The van der Waals surface area contributed by atoms with Crippen molar-refractivity contribution in [1.29, 1.82) is 0 Å². The molecule has 1 aromatic rings. The number of rotatable bonds is 6. The molecule has 0 bridgehead atoms. The smallest absolute Gasteiger partial charge is 0.166 e. The highest BCUT2D eigenvalue weighted by Crippen LogP contribution is 2.12. The summed E-state index contributed by atoms with van der Waals surface area (Å²) < 4.78 is 5.35. The summed E-state index contributed by atoms with van der Waals surface area (Å²) in [5, 5.41) is 0. The van der Waals surface area contributed by atoms with E-state index in [1.165, 1.54) is 0 Å². The van der Waals surface area contributed by atoms with E-state index in [-0.39, 0.29) is 18.3 Å². The van der Waals surface area contributed by atoms with Gasteiger partial charge in [0.25, 0.3) is 0 Å². The minimum Gasteiger partial charge on any atom is -0.398 e. The Morgan fingerprint density at radius 1 is 1.56 bits per heavy atom. The van der Waals surface area contributed by atoms with Gasteiger partial charge in [-0.3, -0.25) is 9.78 Å². The van der Waals surface area contributed by atoms with E-state index in [4.69, 9.17) is 10.5 Å². The van der Waals surface area contributed by atoms with Crippen LogP contribution in [0, 0.1) is 0 Å². The number of nitrogen functional groups attached to an aromatic ring is 1. The molecule has 16 heavy (non-hydrogen) atoms. The molecule has 0 amide bonds. The van der Waals surface area contributed by atoms with Gasteiger partial charge in [0, 0.05) is 36.7 Å². The molecule has 1 unspecified atom stereocenters. The van der Waals surface area contributed by atoms with Crippen LogP contribution in [-0.2, 0) is 16.0 Å². The third-order valence-electron chi connectivity index (χ3n) is 2.40. The molecular formula is C12H18N2O2. The number of ether oxygens (including phenoxy) is 1. The summed E-state index contributed by atoms with van der Waals surface area (Å²) in [4.78, 5) is 15.8. The predicted octanol–water partition coefficient (Wildman–Crippen LogP) is 1.59. The molecule has 0 fully saturated rings. The summed E-state index contributed by atoms with van der Waals surface area (Å²) in [5.41, 5.74) is 7.13. The van der Waals surface area contributed by atoms with Gasteiger partial charge in [-0.25, -0.2) is 0 Å². The Labute approximate surface area is 95.8 Å². The van der Waals surface area contributed by atoms with Crippen molar-refractivity contribution in [2.24, 2.45) is 0 Å². The quantitative estimate of drug-likeness (QED) is 0.793. The first-order valence-corrected chi connectivity index (χ1v) is 5.51. The zero-order valence-electron chi connectivity index (χ0n) is 9.77. The summed E-state index contributed by atoms with van der Waals surface area (Å²) in [6.07, 6.45) is 3.89. The van der Waals surface area contributed by atoms with Crippen LogP contribution in [-0.4, -0.2) is 23.5 Å². The number of ketones is 1. The fourth-order valence-corrected chi connectivity index (χ4v) is 1.53. The minimum atomic E-state index is -0.329. The summed E-state index contributed by atoms with van der Waals surface area (Å²) in [6, 6.07) is 1.70. The summed E-state index contributed by atoms with van der Waals surface area (Å²) in [6.45, 7) is 4.37. The standard InChI is InChI=1S/C12H18N2O2/c1-3-12(16-4-2)11(15)7-9-8-14-6-5-10(9)13/h5-6,8,12H,3-4,7H2,1-2H3,(H2,13,14). The van der Waals surface area contributed by atoms with Crippen molar-refractivity contribution in [1.82, 2.24) is 4.98 Å². The zero-order chi connectivity index (χ0) is 12.0. The maximum absolute atomic E-state index is 11.9. The van der Waals surface area contributed by atoms with E-state index >= 15 is 0 Å². The molecule has 1 atom stereocenters. The fraction of sp³-hybridized carbons (Fsp3) is 0.500. The molecular weight excluding hydrogens is 204 g/mol. The first kappa shape index (κ1) is 12.6. The number of hydrogen-bond acceptors (Lipinski definition) is 4. The van der Waals surface area contributed by atoms with E-state index in [9.17, 15) is 4.79 Å². The van der Waals surface area contributed by atoms with Crippen molar-refractivity contribution < 1.29 is 9.53 Å². The van der Waals surface area contributed by atoms with Crippen molar-refractivity contribution >= 4 is 11.5 Å². The average Bonchev–Trinajstić information content (AvgIpc) is 2.29. The van der Waals surface area contributed by atoms with E-state index < -0.39 is 0 Å². The SMILES string of the molecule is CCOC(CC)C(=O)Cc1cnccc1N. The van der Waals surface area contributed by atoms with Crippen molar-refractivity contribution in [3.63, 3.8) is 0 Å². The maximum atomic E-state index is 11.9. The second kappa shape index (κ2) is 6.23. The largest absolute Gasteiger partial charge is 0.398 e. The topological polar surface area (TPSA) is 65.2 Å². The van der Waals surface area contributed by atoms with Crippen LogP contribution < -0.4 is 5.73 Å². The molecule has 0 aliphatic rings. The molecule has 1 aromatic heterocycles. The van der Waals surface area contributed by atoms with Gasteiger partial charge in [0.2, 0.25) is 0 Å². The molecule has 1 rings (SSSR count). The first-order chi connectivity index (χ1) is 7.69. The second-order valence-electron chi connectivity index (χ2n) is 3.57. The number of hydrogen-bond donors (Lipinski definition) is 1. The van der Waals surface area contributed by atoms with Gasteiger partial charge in [0.15, 0.2) is 5.78 Å². The Morgan fingerprint density at radius 3 is 2.88 bits per heavy atom. The number of pyridine rings is 1. The van der Waals surface area contributed by atoms with Crippen molar-refractivity contribution in [3.05, 3.63) is 24.0 Å². The molecule has 4 nitrogen and oxygen atoms in total. The van der Waals surface area contributed by atoms with E-state index in [0.29, 0.717) is 18.7 Å². The molecule has 0 aromatic carbocycles.